The molecule has 2 aromatic heterocycles. The number of halogens is 1. The van der Waals surface area contributed by atoms with Gasteiger partial charge in [0.05, 0.1) is 5.69 Å². The summed E-state index contributed by atoms with van der Waals surface area (Å²) in [6.45, 7) is 3.54. The second-order valence-electron chi connectivity index (χ2n) is 7.38. The van der Waals surface area contributed by atoms with Gasteiger partial charge in [0, 0.05) is 36.1 Å². The zero-order valence-corrected chi connectivity index (χ0v) is 16.9. The predicted molar refractivity (Wildman–Crippen MR) is 113 cm³/mol. The number of rotatable bonds is 6. The molecule has 3 heterocycles. The summed E-state index contributed by atoms with van der Waals surface area (Å²) < 4.78 is 1.78. The highest BCUT2D eigenvalue weighted by Gasteiger charge is 2.20. The van der Waals surface area contributed by atoms with Gasteiger partial charge in [-0.25, -0.2) is 9.67 Å². The Balaban J connectivity index is 1.25. The lowest BCUT2D eigenvalue weighted by Gasteiger charge is -2.31. The van der Waals surface area contributed by atoms with E-state index in [9.17, 15) is 4.79 Å². The van der Waals surface area contributed by atoms with E-state index in [1.54, 1.807) is 35.1 Å². The summed E-state index contributed by atoms with van der Waals surface area (Å²) in [7, 11) is 0. The molecule has 0 aliphatic carbocycles. The Morgan fingerprint density at radius 2 is 1.97 bits per heavy atom. The van der Waals surface area contributed by atoms with Gasteiger partial charge in [0.2, 0.25) is 0 Å². The molecular formula is C22H24ClN5O. The van der Waals surface area contributed by atoms with Crippen LogP contribution in [0.5, 0.6) is 0 Å². The molecule has 1 saturated heterocycles. The topological polar surface area (TPSA) is 63.1 Å². The lowest BCUT2D eigenvalue weighted by Crippen LogP contribution is -2.38. The Labute approximate surface area is 175 Å². The third-order valence-electron chi connectivity index (χ3n) is 5.26. The normalized spacial score (nSPS) is 15.3. The van der Waals surface area contributed by atoms with Gasteiger partial charge in [-0.1, -0.05) is 23.7 Å². The van der Waals surface area contributed by atoms with Crippen LogP contribution < -0.4 is 5.32 Å². The Morgan fingerprint density at radius 3 is 2.72 bits per heavy atom. The van der Waals surface area contributed by atoms with Crippen LogP contribution in [0.3, 0.4) is 0 Å². The molecule has 4 rings (SSSR count). The van der Waals surface area contributed by atoms with Crippen LogP contribution in [0.2, 0.25) is 5.02 Å². The molecule has 1 aliphatic heterocycles. The van der Waals surface area contributed by atoms with Crippen molar-refractivity contribution in [3.63, 3.8) is 0 Å². The molecule has 6 nitrogen and oxygen atoms in total. The van der Waals surface area contributed by atoms with E-state index in [2.05, 4.69) is 21.4 Å². The van der Waals surface area contributed by atoms with E-state index in [0.717, 1.165) is 44.0 Å². The average molecular weight is 410 g/mol. The number of hydrogen-bond acceptors (Lipinski definition) is 4. The highest BCUT2D eigenvalue weighted by molar-refractivity contribution is 6.30. The molecule has 0 saturated carbocycles. The number of carbonyl (C=O) groups is 1. The number of hydrogen-bond donors (Lipinski definition) is 1. The van der Waals surface area contributed by atoms with E-state index in [1.165, 1.54) is 0 Å². The Morgan fingerprint density at radius 1 is 1.14 bits per heavy atom. The van der Waals surface area contributed by atoms with Gasteiger partial charge in [-0.05, 0) is 68.2 Å². The third-order valence-corrected chi connectivity index (χ3v) is 5.50. The standard InChI is InChI=1S/C22H24ClN5O/c23-19-5-1-4-18(14-19)22(29)24-15-17-8-12-27(13-9-17)16-20-6-2-7-21(26-20)28-11-3-10-25-28/h1-7,10-11,14,17H,8-9,12-13,15-16H2,(H,24,29). The maximum Gasteiger partial charge on any atom is 0.251 e. The number of aromatic nitrogens is 3. The van der Waals surface area contributed by atoms with Crippen molar-refractivity contribution in [2.75, 3.05) is 19.6 Å². The SMILES string of the molecule is O=C(NCC1CCN(Cc2cccc(-n3cccn3)n2)CC1)c1cccc(Cl)c1. The minimum Gasteiger partial charge on any atom is -0.352 e. The summed E-state index contributed by atoms with van der Waals surface area (Å²) in [6.07, 6.45) is 5.78. The van der Waals surface area contributed by atoms with Crippen LogP contribution in [0.1, 0.15) is 28.9 Å². The number of pyridine rings is 1. The number of amides is 1. The van der Waals surface area contributed by atoms with Gasteiger partial charge in [-0.2, -0.15) is 5.10 Å². The van der Waals surface area contributed by atoms with Crippen molar-refractivity contribution in [2.24, 2.45) is 5.92 Å². The Bertz CT molecular complexity index is 951. The number of benzene rings is 1. The molecular weight excluding hydrogens is 386 g/mol. The smallest absolute Gasteiger partial charge is 0.251 e. The number of piperidine rings is 1. The summed E-state index contributed by atoms with van der Waals surface area (Å²) in [5.74, 6) is 1.28. The highest BCUT2D eigenvalue weighted by atomic mass is 35.5. The molecule has 0 unspecified atom stereocenters. The van der Waals surface area contributed by atoms with E-state index in [1.807, 2.05) is 24.4 Å². The van der Waals surface area contributed by atoms with E-state index < -0.39 is 0 Å². The van der Waals surface area contributed by atoms with E-state index in [4.69, 9.17) is 16.6 Å². The van der Waals surface area contributed by atoms with Crippen LogP contribution in [0.4, 0.5) is 0 Å². The highest BCUT2D eigenvalue weighted by Crippen LogP contribution is 2.19. The molecule has 1 aliphatic rings. The fraction of sp³-hybridized carbons (Fsp3) is 0.318. The van der Waals surface area contributed by atoms with Gasteiger partial charge in [0.25, 0.3) is 5.91 Å². The minimum atomic E-state index is -0.0606. The Kier molecular flexibility index (Phi) is 6.22. The van der Waals surface area contributed by atoms with E-state index >= 15 is 0 Å². The van der Waals surface area contributed by atoms with Crippen LogP contribution in [0.15, 0.2) is 60.9 Å². The Hall–Kier alpha value is -2.70. The van der Waals surface area contributed by atoms with Gasteiger partial charge in [0.1, 0.15) is 0 Å². The molecule has 7 heteroatoms. The molecule has 1 fully saturated rings. The predicted octanol–water partition coefficient (Wildman–Crippen LogP) is 3.56. The van der Waals surface area contributed by atoms with Gasteiger partial charge >= 0.3 is 0 Å². The molecule has 1 aromatic carbocycles. The number of likely N-dealkylation sites (tertiary alicyclic amines) is 1. The molecule has 1 amide bonds. The quantitative estimate of drug-likeness (QED) is 0.676. The molecule has 1 N–H and O–H groups in total. The van der Waals surface area contributed by atoms with Crippen LogP contribution >= 0.6 is 11.6 Å². The van der Waals surface area contributed by atoms with Crippen LogP contribution in [-0.4, -0.2) is 45.2 Å². The van der Waals surface area contributed by atoms with Crippen molar-refractivity contribution in [2.45, 2.75) is 19.4 Å². The first-order valence-corrected chi connectivity index (χ1v) is 10.3. The fourth-order valence-electron chi connectivity index (χ4n) is 3.63. The summed E-state index contributed by atoms with van der Waals surface area (Å²) in [4.78, 5) is 19.4. The number of nitrogens with one attached hydrogen (secondary N) is 1. The first-order chi connectivity index (χ1) is 14.2. The first kappa shape index (κ1) is 19.6. The molecule has 3 aromatic rings. The summed E-state index contributed by atoms with van der Waals surface area (Å²) in [5, 5.41) is 7.87. The molecule has 0 bridgehead atoms. The van der Waals surface area contributed by atoms with Crippen molar-refractivity contribution in [1.82, 2.24) is 25.0 Å². The second-order valence-corrected chi connectivity index (χ2v) is 7.81. The first-order valence-electron chi connectivity index (χ1n) is 9.89. The van der Waals surface area contributed by atoms with Crippen molar-refractivity contribution < 1.29 is 4.79 Å². The third kappa shape index (κ3) is 5.22. The second kappa shape index (κ2) is 9.20. The van der Waals surface area contributed by atoms with Crippen LogP contribution in [-0.2, 0) is 6.54 Å². The number of nitrogens with zero attached hydrogens (tertiary/aromatic N) is 4. The number of carbonyl (C=O) groups excluding carboxylic acids is 1. The summed E-state index contributed by atoms with van der Waals surface area (Å²) in [5.41, 5.74) is 1.66. The summed E-state index contributed by atoms with van der Waals surface area (Å²) in [6, 6.07) is 15.0. The molecule has 0 spiro atoms. The van der Waals surface area contributed by atoms with Crippen molar-refractivity contribution in [3.05, 3.63) is 77.2 Å². The average Bonchev–Trinajstić information content (AvgIpc) is 3.28. The van der Waals surface area contributed by atoms with Crippen LogP contribution in [0.25, 0.3) is 5.82 Å². The maximum atomic E-state index is 12.3. The lowest BCUT2D eigenvalue weighted by atomic mass is 9.96. The zero-order valence-electron chi connectivity index (χ0n) is 16.2. The van der Waals surface area contributed by atoms with Crippen LogP contribution in [0, 0.1) is 5.92 Å². The minimum absolute atomic E-state index is 0.0606. The van der Waals surface area contributed by atoms with Crippen molar-refractivity contribution in [1.29, 1.82) is 0 Å². The van der Waals surface area contributed by atoms with E-state index in [-0.39, 0.29) is 5.91 Å². The largest absolute Gasteiger partial charge is 0.352 e. The fourth-order valence-corrected chi connectivity index (χ4v) is 3.82. The van der Waals surface area contributed by atoms with E-state index in [0.29, 0.717) is 23.0 Å². The summed E-state index contributed by atoms with van der Waals surface area (Å²) >= 11 is 5.96. The zero-order chi connectivity index (χ0) is 20.1. The molecule has 0 radical (unpaired) electrons. The van der Waals surface area contributed by atoms with Crippen molar-refractivity contribution >= 4 is 17.5 Å². The van der Waals surface area contributed by atoms with Crippen molar-refractivity contribution in [3.8, 4) is 5.82 Å². The molecule has 0 atom stereocenters. The molecule has 29 heavy (non-hydrogen) atoms. The molecule has 150 valence electrons. The lowest BCUT2D eigenvalue weighted by molar-refractivity contribution is 0.0935. The monoisotopic (exact) mass is 409 g/mol. The van der Waals surface area contributed by atoms with Gasteiger partial charge in [0.15, 0.2) is 5.82 Å². The maximum absolute atomic E-state index is 12.3. The van der Waals surface area contributed by atoms with Gasteiger partial charge < -0.3 is 5.32 Å². The van der Waals surface area contributed by atoms with Gasteiger partial charge in [-0.15, -0.1) is 0 Å². The van der Waals surface area contributed by atoms with Gasteiger partial charge in [-0.3, -0.25) is 9.69 Å².